The van der Waals surface area contributed by atoms with E-state index in [0.717, 1.165) is 47.9 Å². The molecule has 3 aromatic rings. The van der Waals surface area contributed by atoms with Crippen LogP contribution < -0.4 is 5.32 Å². The summed E-state index contributed by atoms with van der Waals surface area (Å²) in [4.78, 5) is 13.2. The van der Waals surface area contributed by atoms with Crippen LogP contribution in [0.15, 0.2) is 35.1 Å². The highest BCUT2D eigenvalue weighted by molar-refractivity contribution is 5.79. The Morgan fingerprint density at radius 1 is 1.17 bits per heavy atom. The van der Waals surface area contributed by atoms with Crippen molar-refractivity contribution in [2.45, 2.75) is 26.2 Å². The molecule has 0 saturated carbocycles. The van der Waals surface area contributed by atoms with Gasteiger partial charge in [-0.3, -0.25) is 9.97 Å². The van der Waals surface area contributed by atoms with Crippen LogP contribution in [0.1, 0.15) is 25.7 Å². The quantitative estimate of drug-likeness (QED) is 0.795. The molecule has 1 aromatic carbocycles. The van der Waals surface area contributed by atoms with Gasteiger partial charge in [0, 0.05) is 24.4 Å². The maximum atomic E-state index is 5.48. The summed E-state index contributed by atoms with van der Waals surface area (Å²) in [6.07, 6.45) is 6.67. The van der Waals surface area contributed by atoms with Crippen LogP contribution in [0.5, 0.6) is 0 Å². The molecule has 1 fully saturated rings. The normalized spacial score (nSPS) is 17.2. The SMILES string of the molecule is CC(Cc1nc(-c2ccc3nccnc3c2)no1)C1CCNCC1. The minimum Gasteiger partial charge on any atom is -0.339 e. The van der Waals surface area contributed by atoms with Crippen molar-refractivity contribution in [1.82, 2.24) is 25.4 Å². The first kappa shape index (κ1) is 15.2. The van der Waals surface area contributed by atoms with Crippen molar-refractivity contribution in [3.05, 3.63) is 36.5 Å². The molecule has 6 heteroatoms. The first-order chi connectivity index (χ1) is 11.8. The zero-order valence-corrected chi connectivity index (χ0v) is 13.8. The zero-order valence-electron chi connectivity index (χ0n) is 13.8. The number of aromatic nitrogens is 4. The Morgan fingerprint density at radius 3 is 2.79 bits per heavy atom. The van der Waals surface area contributed by atoms with Crippen molar-refractivity contribution >= 4 is 11.0 Å². The molecule has 6 nitrogen and oxygen atoms in total. The molecule has 0 bridgehead atoms. The van der Waals surface area contributed by atoms with Crippen LogP contribution in [-0.4, -0.2) is 33.2 Å². The lowest BCUT2D eigenvalue weighted by molar-refractivity contribution is 0.253. The number of hydrogen-bond acceptors (Lipinski definition) is 6. The van der Waals surface area contributed by atoms with Gasteiger partial charge in [0.15, 0.2) is 0 Å². The Balaban J connectivity index is 1.50. The van der Waals surface area contributed by atoms with Crippen molar-refractivity contribution in [3.8, 4) is 11.4 Å². The molecule has 2 aromatic heterocycles. The summed E-state index contributed by atoms with van der Waals surface area (Å²) in [6, 6.07) is 5.85. The van der Waals surface area contributed by atoms with Crippen LogP contribution >= 0.6 is 0 Å². The fourth-order valence-corrected chi connectivity index (χ4v) is 3.41. The van der Waals surface area contributed by atoms with E-state index in [4.69, 9.17) is 4.52 Å². The Labute approximate surface area is 140 Å². The van der Waals surface area contributed by atoms with E-state index in [1.165, 1.54) is 12.8 Å². The molecule has 1 atom stereocenters. The van der Waals surface area contributed by atoms with Crippen LogP contribution in [0.4, 0.5) is 0 Å². The fourth-order valence-electron chi connectivity index (χ4n) is 3.41. The van der Waals surface area contributed by atoms with Crippen LogP contribution in [0.25, 0.3) is 22.4 Å². The predicted octanol–water partition coefficient (Wildman–Crippen LogP) is 2.86. The molecule has 1 saturated heterocycles. The number of piperidine rings is 1. The van der Waals surface area contributed by atoms with Gasteiger partial charge in [-0.15, -0.1) is 0 Å². The summed E-state index contributed by atoms with van der Waals surface area (Å²) in [6.45, 7) is 4.51. The monoisotopic (exact) mass is 323 g/mol. The van der Waals surface area contributed by atoms with Gasteiger partial charge in [-0.05, 0) is 56.0 Å². The summed E-state index contributed by atoms with van der Waals surface area (Å²) >= 11 is 0. The maximum absolute atomic E-state index is 5.48. The molecule has 0 radical (unpaired) electrons. The minimum absolute atomic E-state index is 0.558. The van der Waals surface area contributed by atoms with E-state index in [0.29, 0.717) is 11.7 Å². The molecular formula is C18H21N5O. The number of nitrogens with one attached hydrogen (secondary N) is 1. The van der Waals surface area contributed by atoms with Crippen molar-refractivity contribution in [1.29, 1.82) is 0 Å². The van der Waals surface area contributed by atoms with Gasteiger partial charge in [-0.25, -0.2) is 0 Å². The molecule has 0 spiro atoms. The van der Waals surface area contributed by atoms with Crippen LogP contribution in [0, 0.1) is 11.8 Å². The van der Waals surface area contributed by atoms with E-state index >= 15 is 0 Å². The van der Waals surface area contributed by atoms with Crippen LogP contribution in [0.3, 0.4) is 0 Å². The average Bonchev–Trinajstić information content (AvgIpc) is 3.10. The molecule has 1 aliphatic heterocycles. The molecular weight excluding hydrogens is 302 g/mol. The second-order valence-electron chi connectivity index (χ2n) is 6.54. The second-order valence-corrected chi connectivity index (χ2v) is 6.54. The second kappa shape index (κ2) is 6.65. The molecule has 4 rings (SSSR count). The maximum Gasteiger partial charge on any atom is 0.227 e. The molecule has 3 heterocycles. The summed E-state index contributed by atoms with van der Waals surface area (Å²) in [7, 11) is 0. The van der Waals surface area contributed by atoms with E-state index < -0.39 is 0 Å². The van der Waals surface area contributed by atoms with Gasteiger partial charge < -0.3 is 9.84 Å². The molecule has 124 valence electrons. The third-order valence-corrected chi connectivity index (χ3v) is 4.88. The molecule has 1 aliphatic rings. The average molecular weight is 323 g/mol. The summed E-state index contributed by atoms with van der Waals surface area (Å²) in [5.74, 6) is 2.63. The topological polar surface area (TPSA) is 76.7 Å². The largest absolute Gasteiger partial charge is 0.339 e. The third-order valence-electron chi connectivity index (χ3n) is 4.88. The van der Waals surface area contributed by atoms with Crippen molar-refractivity contribution in [2.24, 2.45) is 11.8 Å². The summed E-state index contributed by atoms with van der Waals surface area (Å²) in [5, 5.41) is 7.56. The summed E-state index contributed by atoms with van der Waals surface area (Å²) < 4.78 is 5.48. The first-order valence-corrected chi connectivity index (χ1v) is 8.54. The van der Waals surface area contributed by atoms with E-state index in [1.807, 2.05) is 18.2 Å². The highest BCUT2D eigenvalue weighted by Crippen LogP contribution is 2.26. The molecule has 1 N–H and O–H groups in total. The lowest BCUT2D eigenvalue weighted by Gasteiger charge is -2.27. The van der Waals surface area contributed by atoms with Crippen molar-refractivity contribution in [3.63, 3.8) is 0 Å². The fraction of sp³-hybridized carbons (Fsp3) is 0.444. The van der Waals surface area contributed by atoms with E-state index in [-0.39, 0.29) is 0 Å². The van der Waals surface area contributed by atoms with Gasteiger partial charge in [-0.2, -0.15) is 4.98 Å². The van der Waals surface area contributed by atoms with Gasteiger partial charge in [0.2, 0.25) is 11.7 Å². The van der Waals surface area contributed by atoms with Crippen molar-refractivity contribution in [2.75, 3.05) is 13.1 Å². The van der Waals surface area contributed by atoms with Gasteiger partial charge in [0.05, 0.1) is 11.0 Å². The van der Waals surface area contributed by atoms with Crippen molar-refractivity contribution < 1.29 is 4.52 Å². The highest BCUT2D eigenvalue weighted by Gasteiger charge is 2.22. The Bertz CT molecular complexity index is 825. The van der Waals surface area contributed by atoms with Gasteiger partial charge in [0.25, 0.3) is 0 Å². The van der Waals surface area contributed by atoms with Crippen LogP contribution in [0.2, 0.25) is 0 Å². The predicted molar refractivity (Wildman–Crippen MR) is 91.3 cm³/mol. The van der Waals surface area contributed by atoms with Gasteiger partial charge in [0.1, 0.15) is 0 Å². The molecule has 24 heavy (non-hydrogen) atoms. The molecule has 0 amide bonds. The zero-order chi connectivity index (χ0) is 16.4. The smallest absolute Gasteiger partial charge is 0.227 e. The standard InChI is InChI=1S/C18H21N5O/c1-12(13-4-6-19-7-5-13)10-17-22-18(23-24-17)14-2-3-15-16(11-14)21-9-8-20-15/h2-3,8-9,11-13,19H,4-7,10H2,1H3. The lowest BCUT2D eigenvalue weighted by Crippen LogP contribution is -2.31. The number of hydrogen-bond donors (Lipinski definition) is 1. The van der Waals surface area contributed by atoms with E-state index in [2.05, 4.69) is 32.3 Å². The van der Waals surface area contributed by atoms with E-state index in [1.54, 1.807) is 12.4 Å². The third kappa shape index (κ3) is 3.14. The Kier molecular flexibility index (Phi) is 4.21. The molecule has 1 unspecified atom stereocenters. The number of rotatable bonds is 4. The van der Waals surface area contributed by atoms with Crippen LogP contribution in [-0.2, 0) is 6.42 Å². The first-order valence-electron chi connectivity index (χ1n) is 8.54. The minimum atomic E-state index is 0.558. The van der Waals surface area contributed by atoms with Gasteiger partial charge >= 0.3 is 0 Å². The Hall–Kier alpha value is -2.34. The van der Waals surface area contributed by atoms with E-state index in [9.17, 15) is 0 Å². The van der Waals surface area contributed by atoms with Gasteiger partial charge in [-0.1, -0.05) is 12.1 Å². The summed E-state index contributed by atoms with van der Waals surface area (Å²) in [5.41, 5.74) is 2.61. The Morgan fingerprint density at radius 2 is 1.96 bits per heavy atom. The molecule has 0 aliphatic carbocycles. The highest BCUT2D eigenvalue weighted by atomic mass is 16.5. The number of fused-ring (bicyclic) bond motifs is 1. The lowest BCUT2D eigenvalue weighted by atomic mass is 9.84. The number of benzene rings is 1. The number of nitrogens with zero attached hydrogens (tertiary/aromatic N) is 4.